The van der Waals surface area contributed by atoms with Gasteiger partial charge in [-0.25, -0.2) is 0 Å². The topological polar surface area (TPSA) is 92.8 Å². The number of imide groups is 1. The van der Waals surface area contributed by atoms with Crippen LogP contribution < -0.4 is 5.32 Å². The Morgan fingerprint density at radius 1 is 1.11 bits per heavy atom. The molecule has 0 spiro atoms. The van der Waals surface area contributed by atoms with Gasteiger partial charge in [-0.05, 0) is 38.3 Å². The van der Waals surface area contributed by atoms with Crippen LogP contribution in [-0.4, -0.2) is 41.7 Å². The predicted molar refractivity (Wildman–Crippen MR) is 102 cm³/mol. The molecule has 3 rings (SSSR count). The third-order valence-corrected chi connectivity index (χ3v) is 5.16. The molecule has 1 N–H and O–H groups in total. The number of allylic oxidation sites excluding steroid dienone is 2. The largest absolute Gasteiger partial charge is 0.456 e. The number of fused-ring (bicyclic) bond motifs is 1. The molecule has 1 saturated heterocycles. The lowest BCUT2D eigenvalue weighted by Gasteiger charge is -2.14. The van der Waals surface area contributed by atoms with E-state index in [1.165, 1.54) is 0 Å². The molecular formula is C21H24N2O5. The summed E-state index contributed by atoms with van der Waals surface area (Å²) in [5, 5.41) is 2.70. The standard InChI is InChI=1S/C21H24N2O5/c1-13-7-8-17(14(2)11-13)22-18(24)12-28-19(25)9-10-23-20(26)15-5-3-4-6-16(15)21(23)27/h3-4,7-8,11,15-16H,5-6,9-10,12H2,1-2H3,(H,22,24)/t15-,16+. The van der Waals surface area contributed by atoms with E-state index in [1.54, 1.807) is 6.07 Å². The van der Waals surface area contributed by atoms with Crippen molar-refractivity contribution in [2.45, 2.75) is 33.1 Å². The summed E-state index contributed by atoms with van der Waals surface area (Å²) in [6.45, 7) is 3.42. The number of benzene rings is 1. The average Bonchev–Trinajstić information content (AvgIpc) is 2.91. The molecule has 2 atom stereocenters. The second-order valence-corrected chi connectivity index (χ2v) is 7.26. The van der Waals surface area contributed by atoms with Gasteiger partial charge in [-0.15, -0.1) is 0 Å². The SMILES string of the molecule is Cc1ccc(NC(=O)COC(=O)CCN2C(=O)[C@H]3CC=CC[C@H]3C2=O)c(C)c1. The van der Waals surface area contributed by atoms with Gasteiger partial charge in [0, 0.05) is 12.2 Å². The predicted octanol–water partition coefficient (Wildman–Crippen LogP) is 2.13. The summed E-state index contributed by atoms with van der Waals surface area (Å²) < 4.78 is 4.98. The molecule has 3 amide bonds. The molecular weight excluding hydrogens is 360 g/mol. The van der Waals surface area contributed by atoms with E-state index in [0.717, 1.165) is 16.0 Å². The molecule has 7 heteroatoms. The minimum Gasteiger partial charge on any atom is -0.456 e. The molecule has 0 radical (unpaired) electrons. The molecule has 148 valence electrons. The Bertz CT molecular complexity index is 819. The van der Waals surface area contributed by atoms with E-state index < -0.39 is 18.5 Å². The van der Waals surface area contributed by atoms with Crippen LogP contribution in [0.2, 0.25) is 0 Å². The molecule has 1 aromatic carbocycles. The van der Waals surface area contributed by atoms with E-state index in [-0.39, 0.29) is 36.6 Å². The van der Waals surface area contributed by atoms with Crippen LogP contribution >= 0.6 is 0 Å². The van der Waals surface area contributed by atoms with E-state index in [2.05, 4.69) is 5.32 Å². The van der Waals surface area contributed by atoms with Gasteiger partial charge in [-0.1, -0.05) is 29.8 Å². The highest BCUT2D eigenvalue weighted by Gasteiger charge is 2.46. The second kappa shape index (κ2) is 8.37. The Balaban J connectivity index is 1.44. The summed E-state index contributed by atoms with van der Waals surface area (Å²) >= 11 is 0. The van der Waals surface area contributed by atoms with Gasteiger partial charge in [-0.2, -0.15) is 0 Å². The fraction of sp³-hybridized carbons (Fsp3) is 0.429. The molecule has 0 saturated carbocycles. The van der Waals surface area contributed by atoms with Crippen LogP contribution in [0.4, 0.5) is 5.69 Å². The summed E-state index contributed by atoms with van der Waals surface area (Å²) in [7, 11) is 0. The number of aryl methyl sites for hydroxylation is 2. The Morgan fingerprint density at radius 2 is 1.75 bits per heavy atom. The number of carbonyl (C=O) groups is 4. The highest BCUT2D eigenvalue weighted by molar-refractivity contribution is 6.05. The van der Waals surface area contributed by atoms with Gasteiger partial charge in [0.2, 0.25) is 11.8 Å². The van der Waals surface area contributed by atoms with Gasteiger partial charge in [0.1, 0.15) is 0 Å². The van der Waals surface area contributed by atoms with Crippen molar-refractivity contribution >= 4 is 29.4 Å². The molecule has 1 heterocycles. The van der Waals surface area contributed by atoms with Crippen molar-refractivity contribution in [2.24, 2.45) is 11.8 Å². The molecule has 2 aliphatic rings. The van der Waals surface area contributed by atoms with Crippen LogP contribution in [-0.2, 0) is 23.9 Å². The number of likely N-dealkylation sites (tertiary alicyclic amines) is 1. The van der Waals surface area contributed by atoms with Crippen LogP contribution in [0.15, 0.2) is 30.4 Å². The van der Waals surface area contributed by atoms with E-state index in [1.807, 2.05) is 38.1 Å². The summed E-state index contributed by atoms with van der Waals surface area (Å²) in [6.07, 6.45) is 4.84. The molecule has 1 fully saturated rings. The summed E-state index contributed by atoms with van der Waals surface area (Å²) in [4.78, 5) is 49.7. The van der Waals surface area contributed by atoms with Crippen molar-refractivity contribution in [1.82, 2.24) is 4.90 Å². The zero-order chi connectivity index (χ0) is 20.3. The lowest BCUT2D eigenvalue weighted by Crippen LogP contribution is -2.33. The van der Waals surface area contributed by atoms with E-state index in [9.17, 15) is 19.2 Å². The fourth-order valence-corrected chi connectivity index (χ4v) is 3.65. The lowest BCUT2D eigenvalue weighted by atomic mass is 9.85. The number of amides is 3. The Kier molecular flexibility index (Phi) is 5.92. The number of ether oxygens (including phenoxy) is 1. The van der Waals surface area contributed by atoms with Crippen LogP contribution in [0.1, 0.15) is 30.4 Å². The van der Waals surface area contributed by atoms with Crippen molar-refractivity contribution < 1.29 is 23.9 Å². The molecule has 0 aromatic heterocycles. The average molecular weight is 384 g/mol. The number of nitrogens with one attached hydrogen (secondary N) is 1. The number of hydrogen-bond acceptors (Lipinski definition) is 5. The first-order chi connectivity index (χ1) is 13.4. The number of anilines is 1. The minimum atomic E-state index is -0.621. The summed E-state index contributed by atoms with van der Waals surface area (Å²) in [5.41, 5.74) is 2.67. The molecule has 0 bridgehead atoms. The van der Waals surface area contributed by atoms with Crippen molar-refractivity contribution in [3.8, 4) is 0 Å². The van der Waals surface area contributed by atoms with Gasteiger partial charge in [0.05, 0.1) is 18.3 Å². The molecule has 7 nitrogen and oxygen atoms in total. The Morgan fingerprint density at radius 3 is 2.36 bits per heavy atom. The highest BCUT2D eigenvalue weighted by Crippen LogP contribution is 2.35. The highest BCUT2D eigenvalue weighted by atomic mass is 16.5. The third-order valence-electron chi connectivity index (χ3n) is 5.16. The summed E-state index contributed by atoms with van der Waals surface area (Å²) in [5.74, 6) is -2.12. The first-order valence-electron chi connectivity index (χ1n) is 9.39. The van der Waals surface area contributed by atoms with E-state index >= 15 is 0 Å². The first-order valence-corrected chi connectivity index (χ1v) is 9.39. The van der Waals surface area contributed by atoms with Crippen LogP contribution in [0.3, 0.4) is 0 Å². The first kappa shape index (κ1) is 19.8. The second-order valence-electron chi connectivity index (χ2n) is 7.26. The number of esters is 1. The number of carbonyl (C=O) groups excluding carboxylic acids is 4. The zero-order valence-corrected chi connectivity index (χ0v) is 16.1. The third kappa shape index (κ3) is 4.30. The molecule has 1 aliphatic heterocycles. The number of nitrogens with zero attached hydrogens (tertiary/aromatic N) is 1. The Hall–Kier alpha value is -2.96. The minimum absolute atomic E-state index is 0.0117. The van der Waals surface area contributed by atoms with Crippen LogP contribution in [0.25, 0.3) is 0 Å². The fourth-order valence-electron chi connectivity index (χ4n) is 3.65. The lowest BCUT2D eigenvalue weighted by molar-refractivity contribution is -0.148. The maximum absolute atomic E-state index is 12.3. The van der Waals surface area contributed by atoms with Crippen molar-refractivity contribution in [3.63, 3.8) is 0 Å². The molecule has 28 heavy (non-hydrogen) atoms. The van der Waals surface area contributed by atoms with Crippen LogP contribution in [0.5, 0.6) is 0 Å². The van der Waals surface area contributed by atoms with Gasteiger partial charge < -0.3 is 10.1 Å². The summed E-state index contributed by atoms with van der Waals surface area (Å²) in [6, 6.07) is 5.62. The molecule has 1 aliphatic carbocycles. The van der Waals surface area contributed by atoms with Crippen LogP contribution in [0, 0.1) is 25.7 Å². The van der Waals surface area contributed by atoms with Gasteiger partial charge in [0.25, 0.3) is 5.91 Å². The maximum Gasteiger partial charge on any atom is 0.308 e. The van der Waals surface area contributed by atoms with Gasteiger partial charge >= 0.3 is 5.97 Å². The number of hydrogen-bond donors (Lipinski definition) is 1. The van der Waals surface area contributed by atoms with Gasteiger partial charge in [0.15, 0.2) is 6.61 Å². The monoisotopic (exact) mass is 384 g/mol. The van der Waals surface area contributed by atoms with Crippen molar-refractivity contribution in [2.75, 3.05) is 18.5 Å². The van der Waals surface area contributed by atoms with E-state index in [4.69, 9.17) is 4.74 Å². The van der Waals surface area contributed by atoms with Crippen molar-refractivity contribution in [1.29, 1.82) is 0 Å². The smallest absolute Gasteiger partial charge is 0.308 e. The number of rotatable bonds is 6. The molecule has 0 unspecified atom stereocenters. The molecule has 1 aromatic rings. The Labute approximate surface area is 163 Å². The normalized spacial score (nSPS) is 20.9. The quantitative estimate of drug-likeness (QED) is 0.461. The zero-order valence-electron chi connectivity index (χ0n) is 16.1. The van der Waals surface area contributed by atoms with Crippen molar-refractivity contribution in [3.05, 3.63) is 41.5 Å². The van der Waals surface area contributed by atoms with Gasteiger partial charge in [-0.3, -0.25) is 24.1 Å². The maximum atomic E-state index is 12.3. The van der Waals surface area contributed by atoms with E-state index in [0.29, 0.717) is 18.5 Å².